The van der Waals surface area contributed by atoms with Gasteiger partial charge in [0.2, 0.25) is 15.8 Å². The molecular formula is C20H24N2O7S. The maximum Gasteiger partial charge on any atom is 0.340 e. The zero-order valence-corrected chi connectivity index (χ0v) is 18.3. The highest BCUT2D eigenvalue weighted by molar-refractivity contribution is 7.89. The van der Waals surface area contributed by atoms with E-state index in [9.17, 15) is 22.8 Å². The van der Waals surface area contributed by atoms with Crippen LogP contribution < -0.4 is 0 Å². The van der Waals surface area contributed by atoms with Gasteiger partial charge in [0.15, 0.2) is 6.61 Å². The van der Waals surface area contributed by atoms with Crippen LogP contribution in [0.4, 0.5) is 0 Å². The van der Waals surface area contributed by atoms with Gasteiger partial charge >= 0.3 is 11.9 Å². The molecule has 0 saturated carbocycles. The van der Waals surface area contributed by atoms with Gasteiger partial charge in [-0.05, 0) is 44.5 Å². The van der Waals surface area contributed by atoms with Crippen molar-refractivity contribution in [1.82, 2.24) is 9.29 Å². The van der Waals surface area contributed by atoms with Gasteiger partial charge in [-0.15, -0.1) is 0 Å². The van der Waals surface area contributed by atoms with E-state index in [0.29, 0.717) is 11.3 Å². The molecule has 2 aromatic rings. The molecule has 0 spiro atoms. The van der Waals surface area contributed by atoms with Crippen molar-refractivity contribution in [2.24, 2.45) is 0 Å². The molecule has 0 fully saturated rings. The number of hydrogen-bond acceptors (Lipinski definition) is 7. The van der Waals surface area contributed by atoms with Gasteiger partial charge in [0.1, 0.15) is 0 Å². The van der Waals surface area contributed by atoms with Gasteiger partial charge in [0.25, 0.3) is 0 Å². The van der Waals surface area contributed by atoms with Crippen LogP contribution in [0, 0.1) is 13.8 Å². The molecule has 0 saturated heterocycles. The quantitative estimate of drug-likeness (QED) is 0.496. The number of sulfonamides is 1. The fourth-order valence-electron chi connectivity index (χ4n) is 2.82. The van der Waals surface area contributed by atoms with E-state index >= 15 is 0 Å². The van der Waals surface area contributed by atoms with Gasteiger partial charge in [-0.2, -0.15) is 0 Å². The van der Waals surface area contributed by atoms with Crippen molar-refractivity contribution in [3.63, 3.8) is 0 Å². The van der Waals surface area contributed by atoms with Crippen molar-refractivity contribution in [1.29, 1.82) is 0 Å². The second kappa shape index (κ2) is 9.23. The first-order chi connectivity index (χ1) is 14.0. The molecule has 1 N–H and O–H groups in total. The lowest BCUT2D eigenvalue weighted by Gasteiger charge is -2.12. The molecule has 0 amide bonds. The maximum atomic E-state index is 12.5. The first-order valence-electron chi connectivity index (χ1n) is 9.09. The summed E-state index contributed by atoms with van der Waals surface area (Å²) in [7, 11) is -0.960. The molecule has 0 aliphatic carbocycles. The minimum absolute atomic E-state index is 0.00248. The van der Waals surface area contributed by atoms with Crippen LogP contribution in [0.15, 0.2) is 29.2 Å². The molecule has 1 heterocycles. The number of nitrogens with zero attached hydrogens (tertiary/aromatic N) is 1. The Kier molecular flexibility index (Phi) is 7.16. The van der Waals surface area contributed by atoms with Crippen LogP contribution in [-0.2, 0) is 19.5 Å². The molecule has 0 aliphatic heterocycles. The van der Waals surface area contributed by atoms with Crippen LogP contribution in [0.1, 0.15) is 49.4 Å². The number of rotatable bonds is 8. The first kappa shape index (κ1) is 23.3. The van der Waals surface area contributed by atoms with Crippen molar-refractivity contribution >= 4 is 27.7 Å². The highest BCUT2D eigenvalue weighted by Crippen LogP contribution is 2.20. The summed E-state index contributed by atoms with van der Waals surface area (Å²) in [5.74, 6) is -1.92. The second-order valence-electron chi connectivity index (χ2n) is 6.66. The number of esters is 2. The summed E-state index contributed by atoms with van der Waals surface area (Å²) in [6.45, 7) is 4.54. The van der Waals surface area contributed by atoms with E-state index in [1.807, 2.05) is 0 Å². The average molecular weight is 436 g/mol. The fraction of sp³-hybridized carbons (Fsp3) is 0.350. The Morgan fingerprint density at radius 1 is 1.07 bits per heavy atom. The number of nitrogens with one attached hydrogen (secondary N) is 1. The lowest BCUT2D eigenvalue weighted by molar-refractivity contribution is 0.0472. The molecule has 0 radical (unpaired) electrons. The summed E-state index contributed by atoms with van der Waals surface area (Å²) < 4.78 is 35.5. The fourth-order valence-corrected chi connectivity index (χ4v) is 3.77. The van der Waals surface area contributed by atoms with Crippen molar-refractivity contribution < 1.29 is 32.3 Å². The van der Waals surface area contributed by atoms with Crippen LogP contribution >= 0.6 is 0 Å². The Hall–Kier alpha value is -2.98. The van der Waals surface area contributed by atoms with E-state index in [2.05, 4.69) is 4.98 Å². The van der Waals surface area contributed by atoms with Crippen LogP contribution in [0.25, 0.3) is 0 Å². The van der Waals surface area contributed by atoms with Crippen LogP contribution in [0.5, 0.6) is 0 Å². The number of ketones is 1. The summed E-state index contributed by atoms with van der Waals surface area (Å²) >= 11 is 0. The normalized spacial score (nSPS) is 11.4. The monoisotopic (exact) mass is 436 g/mol. The van der Waals surface area contributed by atoms with Crippen LogP contribution in [0.2, 0.25) is 0 Å². The first-order valence-corrected chi connectivity index (χ1v) is 10.5. The van der Waals surface area contributed by atoms with E-state index in [0.717, 1.165) is 4.31 Å². The summed E-state index contributed by atoms with van der Waals surface area (Å²) in [6, 6.07) is 5.35. The Balaban J connectivity index is 2.15. The number of aromatic amines is 1. The van der Waals surface area contributed by atoms with Crippen LogP contribution in [-0.4, -0.2) is 62.7 Å². The third kappa shape index (κ3) is 4.77. The van der Waals surface area contributed by atoms with E-state index in [1.165, 1.54) is 38.4 Å². The minimum atomic E-state index is -3.72. The third-order valence-electron chi connectivity index (χ3n) is 4.38. The number of hydrogen-bond donors (Lipinski definition) is 1. The second-order valence-corrected chi connectivity index (χ2v) is 8.81. The molecule has 0 unspecified atom stereocenters. The van der Waals surface area contributed by atoms with Gasteiger partial charge in [0.05, 0.1) is 28.3 Å². The number of aryl methyl sites for hydroxylation is 1. The maximum absolute atomic E-state index is 12.5. The number of Topliss-reactive ketones (excluding diaryl/α,β-unsaturated/α-hetero) is 1. The SMILES string of the molecule is CCOC(=O)c1c(C)[nH]c(C(=O)COC(=O)c2cccc(S(=O)(=O)N(C)C)c2)c1C. The molecule has 0 atom stereocenters. The molecular weight excluding hydrogens is 412 g/mol. The van der Waals surface area contributed by atoms with E-state index < -0.39 is 34.4 Å². The van der Waals surface area contributed by atoms with E-state index in [4.69, 9.17) is 9.47 Å². The zero-order chi connectivity index (χ0) is 22.6. The molecule has 0 bridgehead atoms. The van der Waals surface area contributed by atoms with Gasteiger partial charge in [0, 0.05) is 19.8 Å². The van der Waals surface area contributed by atoms with Crippen molar-refractivity contribution in [3.05, 3.63) is 52.3 Å². The molecule has 30 heavy (non-hydrogen) atoms. The molecule has 1 aromatic heterocycles. The highest BCUT2D eigenvalue weighted by Gasteiger charge is 2.24. The number of carbonyl (C=O) groups is 3. The Morgan fingerprint density at radius 3 is 2.33 bits per heavy atom. The molecule has 10 heteroatoms. The average Bonchev–Trinajstić information content (AvgIpc) is 3.00. The summed E-state index contributed by atoms with van der Waals surface area (Å²) in [6.07, 6.45) is 0. The number of carbonyl (C=O) groups excluding carboxylic acids is 3. The Morgan fingerprint density at radius 2 is 1.73 bits per heavy atom. The lowest BCUT2D eigenvalue weighted by atomic mass is 10.1. The van der Waals surface area contributed by atoms with Gasteiger partial charge in [-0.1, -0.05) is 6.07 Å². The third-order valence-corrected chi connectivity index (χ3v) is 6.19. The zero-order valence-electron chi connectivity index (χ0n) is 17.4. The molecule has 162 valence electrons. The summed E-state index contributed by atoms with van der Waals surface area (Å²) in [4.78, 5) is 39.6. The predicted octanol–water partition coefficient (Wildman–Crippen LogP) is 2.10. The molecule has 9 nitrogen and oxygen atoms in total. The van der Waals surface area contributed by atoms with Gasteiger partial charge in [-0.25, -0.2) is 22.3 Å². The largest absolute Gasteiger partial charge is 0.462 e. The standard InChI is InChI=1S/C20H24N2O7S/c1-6-28-20(25)17-12(2)18(21-13(17)3)16(23)11-29-19(24)14-8-7-9-15(10-14)30(26,27)22(4)5/h7-10,21H,6,11H2,1-5H3. The molecule has 1 aromatic carbocycles. The Bertz CT molecular complexity index is 1080. The van der Waals surface area contributed by atoms with Crippen molar-refractivity contribution in [3.8, 4) is 0 Å². The number of ether oxygens (including phenoxy) is 2. The highest BCUT2D eigenvalue weighted by atomic mass is 32.2. The number of benzene rings is 1. The Labute approximate surface area is 175 Å². The van der Waals surface area contributed by atoms with Gasteiger partial charge in [-0.3, -0.25) is 4.79 Å². The summed E-state index contributed by atoms with van der Waals surface area (Å²) in [5, 5.41) is 0. The van der Waals surface area contributed by atoms with Crippen molar-refractivity contribution in [2.75, 3.05) is 27.3 Å². The number of H-pyrrole nitrogens is 1. The predicted molar refractivity (Wildman–Crippen MR) is 108 cm³/mol. The minimum Gasteiger partial charge on any atom is -0.462 e. The number of aromatic nitrogens is 1. The van der Waals surface area contributed by atoms with E-state index in [-0.39, 0.29) is 28.3 Å². The molecule has 2 rings (SSSR count). The van der Waals surface area contributed by atoms with Crippen LogP contribution in [0.3, 0.4) is 0 Å². The smallest absolute Gasteiger partial charge is 0.340 e. The van der Waals surface area contributed by atoms with Gasteiger partial charge < -0.3 is 14.5 Å². The molecule has 0 aliphatic rings. The van der Waals surface area contributed by atoms with Crippen molar-refractivity contribution in [2.45, 2.75) is 25.7 Å². The van der Waals surface area contributed by atoms with E-state index in [1.54, 1.807) is 20.8 Å². The topological polar surface area (TPSA) is 123 Å². The summed E-state index contributed by atoms with van der Waals surface area (Å²) in [5.41, 5.74) is 1.30. The lowest BCUT2D eigenvalue weighted by Crippen LogP contribution is -2.22.